The maximum atomic E-state index is 12.5. The fraction of sp³-hybridized carbons (Fsp3) is 0.286. The van der Waals surface area contributed by atoms with Gasteiger partial charge in [-0.05, 0) is 41.5 Å². The Bertz CT molecular complexity index is 909. The summed E-state index contributed by atoms with van der Waals surface area (Å²) >= 11 is 12.0. The molecule has 2 aliphatic heterocycles. The second-order valence-corrected chi connectivity index (χ2v) is 7.63. The summed E-state index contributed by atoms with van der Waals surface area (Å²) in [5.41, 5.74) is 1.96. The first-order valence-corrected chi connectivity index (χ1v) is 9.87. The number of piperazine rings is 1. The first kappa shape index (κ1) is 19.1. The van der Waals surface area contributed by atoms with E-state index in [0.717, 1.165) is 36.7 Å². The lowest BCUT2D eigenvalue weighted by atomic mass is 10.1. The Morgan fingerprint density at radius 1 is 1.00 bits per heavy atom. The number of halogens is 2. The van der Waals surface area contributed by atoms with Crippen molar-refractivity contribution in [2.75, 3.05) is 33.0 Å². The molecule has 1 amide bonds. The third kappa shape index (κ3) is 4.43. The molecule has 0 bridgehead atoms. The lowest BCUT2D eigenvalue weighted by Crippen LogP contribution is -2.47. The van der Waals surface area contributed by atoms with E-state index in [0.29, 0.717) is 23.1 Å². The van der Waals surface area contributed by atoms with E-state index in [9.17, 15) is 4.79 Å². The molecule has 0 saturated carbocycles. The second kappa shape index (κ2) is 8.43. The molecule has 0 unspecified atom stereocenters. The number of fused-ring (bicyclic) bond motifs is 1. The number of carbonyl (C=O) groups excluding carboxylic acids is 1. The van der Waals surface area contributed by atoms with Crippen molar-refractivity contribution in [2.45, 2.75) is 6.54 Å². The standard InChI is InChI=1S/C21H20Cl2N2O3/c22-17-4-2-16(18(23)12-17)3-6-21(26)25-9-7-24(8-10-25)13-15-1-5-19-20(11-15)28-14-27-19/h1-6,11-12H,7-10,13-14H2/b6-3-. The topological polar surface area (TPSA) is 42.0 Å². The van der Waals surface area contributed by atoms with Crippen LogP contribution in [0, 0.1) is 0 Å². The van der Waals surface area contributed by atoms with Gasteiger partial charge in [-0.3, -0.25) is 9.69 Å². The van der Waals surface area contributed by atoms with Gasteiger partial charge in [0.15, 0.2) is 11.5 Å². The molecule has 7 heteroatoms. The van der Waals surface area contributed by atoms with Crippen LogP contribution in [0.15, 0.2) is 42.5 Å². The van der Waals surface area contributed by atoms with Gasteiger partial charge in [-0.25, -0.2) is 0 Å². The minimum atomic E-state index is -0.00579. The summed E-state index contributed by atoms with van der Waals surface area (Å²) in [5, 5.41) is 1.11. The highest BCUT2D eigenvalue weighted by Crippen LogP contribution is 2.32. The van der Waals surface area contributed by atoms with Crippen molar-refractivity contribution in [3.8, 4) is 11.5 Å². The van der Waals surface area contributed by atoms with Crippen LogP contribution in [0.1, 0.15) is 11.1 Å². The lowest BCUT2D eigenvalue weighted by molar-refractivity contribution is -0.127. The smallest absolute Gasteiger partial charge is 0.246 e. The van der Waals surface area contributed by atoms with E-state index in [1.807, 2.05) is 17.0 Å². The molecular weight excluding hydrogens is 399 g/mol. The molecule has 1 fully saturated rings. The first-order chi connectivity index (χ1) is 13.6. The summed E-state index contributed by atoms with van der Waals surface area (Å²) < 4.78 is 10.8. The second-order valence-electron chi connectivity index (χ2n) is 6.79. The van der Waals surface area contributed by atoms with Crippen molar-refractivity contribution in [2.24, 2.45) is 0 Å². The number of hydrogen-bond donors (Lipinski definition) is 0. The van der Waals surface area contributed by atoms with Crippen LogP contribution in [0.2, 0.25) is 10.0 Å². The molecule has 0 spiro atoms. The largest absolute Gasteiger partial charge is 0.454 e. The van der Waals surface area contributed by atoms with E-state index in [4.69, 9.17) is 32.7 Å². The molecule has 0 atom stereocenters. The first-order valence-electron chi connectivity index (χ1n) is 9.11. The molecule has 2 aromatic rings. The van der Waals surface area contributed by atoms with Crippen molar-refractivity contribution in [3.63, 3.8) is 0 Å². The van der Waals surface area contributed by atoms with Gasteiger partial charge in [0.2, 0.25) is 12.7 Å². The van der Waals surface area contributed by atoms with Crippen molar-refractivity contribution in [1.82, 2.24) is 9.80 Å². The molecule has 0 N–H and O–H groups in total. The molecular formula is C21H20Cl2N2O3. The zero-order chi connectivity index (χ0) is 19.5. The van der Waals surface area contributed by atoms with Crippen LogP contribution >= 0.6 is 23.2 Å². The molecule has 2 aromatic carbocycles. The highest BCUT2D eigenvalue weighted by molar-refractivity contribution is 6.35. The van der Waals surface area contributed by atoms with Gasteiger partial charge < -0.3 is 14.4 Å². The summed E-state index contributed by atoms with van der Waals surface area (Å²) in [6, 6.07) is 11.3. The fourth-order valence-electron chi connectivity index (χ4n) is 3.33. The number of amides is 1. The highest BCUT2D eigenvalue weighted by Gasteiger charge is 2.21. The van der Waals surface area contributed by atoms with E-state index in [-0.39, 0.29) is 12.7 Å². The third-order valence-corrected chi connectivity index (χ3v) is 5.46. The average Bonchev–Trinajstić information content (AvgIpc) is 3.15. The molecule has 0 aliphatic carbocycles. The Labute approximate surface area is 174 Å². The van der Waals surface area contributed by atoms with Crippen molar-refractivity contribution in [1.29, 1.82) is 0 Å². The van der Waals surface area contributed by atoms with Gasteiger partial charge in [0.25, 0.3) is 0 Å². The summed E-state index contributed by atoms with van der Waals surface area (Å²) in [6.45, 7) is 4.17. The van der Waals surface area contributed by atoms with E-state index in [1.54, 1.807) is 30.4 Å². The summed E-state index contributed by atoms with van der Waals surface area (Å²) in [7, 11) is 0. The maximum absolute atomic E-state index is 12.5. The van der Waals surface area contributed by atoms with Gasteiger partial charge in [0, 0.05) is 48.8 Å². The molecule has 2 aliphatic rings. The summed E-state index contributed by atoms with van der Waals surface area (Å²) in [6.07, 6.45) is 3.31. The molecule has 1 saturated heterocycles. The van der Waals surface area contributed by atoms with Gasteiger partial charge in [-0.1, -0.05) is 35.3 Å². The minimum Gasteiger partial charge on any atom is -0.454 e. The van der Waals surface area contributed by atoms with Gasteiger partial charge in [-0.15, -0.1) is 0 Å². The Balaban J connectivity index is 1.30. The highest BCUT2D eigenvalue weighted by atomic mass is 35.5. The van der Waals surface area contributed by atoms with E-state index in [1.165, 1.54) is 5.56 Å². The Morgan fingerprint density at radius 2 is 1.79 bits per heavy atom. The van der Waals surface area contributed by atoms with Crippen LogP contribution in [0.3, 0.4) is 0 Å². The molecule has 28 heavy (non-hydrogen) atoms. The maximum Gasteiger partial charge on any atom is 0.246 e. The zero-order valence-electron chi connectivity index (χ0n) is 15.2. The minimum absolute atomic E-state index is 0.00579. The predicted octanol–water partition coefficient (Wildman–Crippen LogP) is 4.08. The van der Waals surface area contributed by atoms with Gasteiger partial charge in [-0.2, -0.15) is 0 Å². The number of rotatable bonds is 4. The molecule has 146 valence electrons. The number of benzene rings is 2. The quantitative estimate of drug-likeness (QED) is 0.701. The molecule has 5 nitrogen and oxygen atoms in total. The van der Waals surface area contributed by atoms with Crippen LogP contribution in [0.4, 0.5) is 0 Å². The molecule has 4 rings (SSSR count). The molecule has 0 aromatic heterocycles. The molecule has 2 heterocycles. The number of nitrogens with zero attached hydrogens (tertiary/aromatic N) is 2. The van der Waals surface area contributed by atoms with E-state index in [2.05, 4.69) is 11.0 Å². The summed E-state index contributed by atoms with van der Waals surface area (Å²) in [4.78, 5) is 16.7. The molecule has 0 radical (unpaired) electrons. The van der Waals surface area contributed by atoms with Crippen LogP contribution in [-0.2, 0) is 11.3 Å². The van der Waals surface area contributed by atoms with Gasteiger partial charge in [0.1, 0.15) is 0 Å². The predicted molar refractivity (Wildman–Crippen MR) is 110 cm³/mol. The van der Waals surface area contributed by atoms with Crippen molar-refractivity contribution in [3.05, 3.63) is 63.6 Å². The van der Waals surface area contributed by atoms with Gasteiger partial charge >= 0.3 is 0 Å². The van der Waals surface area contributed by atoms with Crippen LogP contribution in [-0.4, -0.2) is 48.7 Å². The lowest BCUT2D eigenvalue weighted by Gasteiger charge is -2.34. The van der Waals surface area contributed by atoms with Crippen molar-refractivity contribution >= 4 is 35.2 Å². The Kier molecular flexibility index (Phi) is 5.76. The van der Waals surface area contributed by atoms with E-state index < -0.39 is 0 Å². The van der Waals surface area contributed by atoms with Crippen LogP contribution in [0.25, 0.3) is 6.08 Å². The fourth-order valence-corrected chi connectivity index (χ4v) is 3.80. The van der Waals surface area contributed by atoms with Gasteiger partial charge in [0.05, 0.1) is 0 Å². The van der Waals surface area contributed by atoms with Crippen LogP contribution in [0.5, 0.6) is 11.5 Å². The van der Waals surface area contributed by atoms with Crippen molar-refractivity contribution < 1.29 is 14.3 Å². The Morgan fingerprint density at radius 3 is 2.57 bits per heavy atom. The monoisotopic (exact) mass is 418 g/mol. The van der Waals surface area contributed by atoms with Crippen LogP contribution < -0.4 is 9.47 Å². The van der Waals surface area contributed by atoms with E-state index >= 15 is 0 Å². The Hall–Kier alpha value is -2.21. The number of hydrogen-bond acceptors (Lipinski definition) is 4. The SMILES string of the molecule is O=C(/C=C\c1ccc(Cl)cc1Cl)N1CCN(Cc2ccc3c(c2)OCO3)CC1. The zero-order valence-corrected chi connectivity index (χ0v) is 16.7. The number of carbonyl (C=O) groups is 1. The third-order valence-electron chi connectivity index (χ3n) is 4.90. The normalized spacial score (nSPS) is 16.7. The average molecular weight is 419 g/mol. The number of ether oxygens (including phenoxy) is 2. The summed E-state index contributed by atoms with van der Waals surface area (Å²) in [5.74, 6) is 1.60.